The summed E-state index contributed by atoms with van der Waals surface area (Å²) in [6, 6.07) is 8.94. The van der Waals surface area contributed by atoms with Crippen molar-refractivity contribution in [2.24, 2.45) is 0 Å². The molecule has 0 saturated carbocycles. The van der Waals surface area contributed by atoms with E-state index < -0.39 is 12.1 Å². The van der Waals surface area contributed by atoms with E-state index in [-0.39, 0.29) is 11.4 Å². The van der Waals surface area contributed by atoms with Crippen LogP contribution in [0.2, 0.25) is 0 Å². The minimum absolute atomic E-state index is 0.154. The van der Waals surface area contributed by atoms with Crippen LogP contribution in [0.15, 0.2) is 47.3 Å². The number of nitrogens with zero attached hydrogens (tertiary/aromatic N) is 3. The van der Waals surface area contributed by atoms with Gasteiger partial charge in [0.25, 0.3) is 0 Å². The van der Waals surface area contributed by atoms with E-state index >= 15 is 0 Å². The van der Waals surface area contributed by atoms with Crippen LogP contribution in [0, 0.1) is 5.82 Å². The van der Waals surface area contributed by atoms with Crippen LogP contribution in [-0.2, 0) is 29.2 Å². The summed E-state index contributed by atoms with van der Waals surface area (Å²) in [6.45, 7) is 4.13. The van der Waals surface area contributed by atoms with Gasteiger partial charge in [0.05, 0.1) is 18.4 Å². The van der Waals surface area contributed by atoms with E-state index in [4.69, 9.17) is 14.6 Å². The van der Waals surface area contributed by atoms with Gasteiger partial charge in [-0.15, -0.1) is 0 Å². The molecule has 1 N–H and O–H groups in total. The van der Waals surface area contributed by atoms with Crippen molar-refractivity contribution in [3.05, 3.63) is 64.5 Å². The fourth-order valence-corrected chi connectivity index (χ4v) is 4.70. The highest BCUT2D eigenvalue weighted by Crippen LogP contribution is 2.36. The fourth-order valence-electron chi connectivity index (χ4n) is 4.06. The van der Waals surface area contributed by atoms with Gasteiger partial charge in [0.2, 0.25) is 0 Å². The number of aliphatic carboxylic acids is 1. The third-order valence-electron chi connectivity index (χ3n) is 5.67. The SMILES string of the molecule is Fc1ccc(CN2CCC3(C2)Cn2c(-c4ccsc4)cnc2CO3)cc1.O=C(O)C(F)(F)F. The second kappa shape index (κ2) is 9.24. The minimum Gasteiger partial charge on any atom is -0.475 e. The molecule has 33 heavy (non-hydrogen) atoms. The molecule has 1 unspecified atom stereocenters. The van der Waals surface area contributed by atoms with Gasteiger partial charge in [-0.3, -0.25) is 4.90 Å². The summed E-state index contributed by atoms with van der Waals surface area (Å²) in [5.74, 6) is -1.93. The van der Waals surface area contributed by atoms with Crippen molar-refractivity contribution in [3.8, 4) is 11.3 Å². The maximum Gasteiger partial charge on any atom is 0.490 e. The fraction of sp³-hybridized carbons (Fsp3) is 0.364. The lowest BCUT2D eigenvalue weighted by Crippen LogP contribution is -2.44. The van der Waals surface area contributed by atoms with Gasteiger partial charge >= 0.3 is 12.1 Å². The summed E-state index contributed by atoms with van der Waals surface area (Å²) in [4.78, 5) is 15.9. The van der Waals surface area contributed by atoms with E-state index in [0.29, 0.717) is 6.61 Å². The zero-order chi connectivity index (χ0) is 23.6. The molecule has 0 bridgehead atoms. The number of ether oxygens (including phenoxy) is 1. The van der Waals surface area contributed by atoms with Crippen molar-refractivity contribution in [3.63, 3.8) is 0 Å². The Bertz CT molecular complexity index is 1100. The summed E-state index contributed by atoms with van der Waals surface area (Å²) in [7, 11) is 0. The molecule has 11 heteroatoms. The van der Waals surface area contributed by atoms with E-state index in [1.807, 2.05) is 18.3 Å². The van der Waals surface area contributed by atoms with Crippen molar-refractivity contribution in [2.75, 3.05) is 13.1 Å². The van der Waals surface area contributed by atoms with Crippen molar-refractivity contribution in [1.82, 2.24) is 14.5 Å². The van der Waals surface area contributed by atoms with Crippen LogP contribution in [-0.4, -0.2) is 50.4 Å². The van der Waals surface area contributed by atoms with Crippen molar-refractivity contribution < 1.29 is 32.2 Å². The summed E-state index contributed by atoms with van der Waals surface area (Å²) in [6.07, 6.45) is -2.11. The molecule has 2 aromatic heterocycles. The molecule has 2 aliphatic heterocycles. The van der Waals surface area contributed by atoms with Gasteiger partial charge in [0, 0.05) is 30.6 Å². The predicted molar refractivity (Wildman–Crippen MR) is 113 cm³/mol. The molecule has 4 heterocycles. The molecule has 3 aromatic rings. The topological polar surface area (TPSA) is 67.6 Å². The Hall–Kier alpha value is -2.76. The molecule has 2 aliphatic rings. The predicted octanol–water partition coefficient (Wildman–Crippen LogP) is 4.56. The van der Waals surface area contributed by atoms with E-state index in [9.17, 15) is 17.6 Å². The molecule has 1 fully saturated rings. The molecule has 0 amide bonds. The average molecular weight is 483 g/mol. The number of halogens is 4. The Morgan fingerprint density at radius 3 is 2.58 bits per heavy atom. The van der Waals surface area contributed by atoms with Crippen LogP contribution in [0.25, 0.3) is 11.3 Å². The summed E-state index contributed by atoms with van der Waals surface area (Å²) in [5.41, 5.74) is 3.40. The largest absolute Gasteiger partial charge is 0.490 e. The smallest absolute Gasteiger partial charge is 0.475 e. The van der Waals surface area contributed by atoms with E-state index in [0.717, 1.165) is 44.0 Å². The van der Waals surface area contributed by atoms with Gasteiger partial charge in [-0.2, -0.15) is 24.5 Å². The molecule has 1 atom stereocenters. The molecule has 0 aliphatic carbocycles. The lowest BCUT2D eigenvalue weighted by Gasteiger charge is -2.35. The molecule has 1 aromatic carbocycles. The number of imidazole rings is 1. The van der Waals surface area contributed by atoms with Crippen LogP contribution < -0.4 is 0 Å². The van der Waals surface area contributed by atoms with Crippen LogP contribution in [0.1, 0.15) is 17.8 Å². The third-order valence-corrected chi connectivity index (χ3v) is 6.35. The lowest BCUT2D eigenvalue weighted by molar-refractivity contribution is -0.192. The number of likely N-dealkylation sites (tertiary alicyclic amines) is 1. The summed E-state index contributed by atoms with van der Waals surface area (Å²) in [5, 5.41) is 11.4. The van der Waals surface area contributed by atoms with Gasteiger partial charge in [-0.1, -0.05) is 12.1 Å². The monoisotopic (exact) mass is 483 g/mol. The third kappa shape index (κ3) is 5.43. The highest BCUT2D eigenvalue weighted by atomic mass is 32.1. The van der Waals surface area contributed by atoms with Gasteiger partial charge in [-0.25, -0.2) is 14.2 Å². The maximum absolute atomic E-state index is 13.1. The minimum atomic E-state index is -5.08. The number of aromatic nitrogens is 2. The zero-order valence-corrected chi connectivity index (χ0v) is 18.2. The highest BCUT2D eigenvalue weighted by Gasteiger charge is 2.43. The summed E-state index contributed by atoms with van der Waals surface area (Å²) < 4.78 is 53.5. The number of carboxylic acids is 1. The molecule has 0 radical (unpaired) electrons. The molecule has 176 valence electrons. The first kappa shape index (κ1) is 23.4. The quantitative estimate of drug-likeness (QED) is 0.554. The molecular weight excluding hydrogens is 462 g/mol. The molecular formula is C22H21F4N3O3S. The van der Waals surface area contributed by atoms with E-state index in [1.54, 1.807) is 11.3 Å². The van der Waals surface area contributed by atoms with Crippen LogP contribution in [0.3, 0.4) is 0 Å². The highest BCUT2D eigenvalue weighted by molar-refractivity contribution is 7.08. The van der Waals surface area contributed by atoms with Crippen molar-refractivity contribution in [1.29, 1.82) is 0 Å². The van der Waals surface area contributed by atoms with Gasteiger partial charge in [0.15, 0.2) is 0 Å². The number of hydrogen-bond donors (Lipinski definition) is 1. The molecule has 5 rings (SSSR count). The Kier molecular flexibility index (Phi) is 6.55. The maximum atomic E-state index is 13.1. The Labute approximate surface area is 191 Å². The van der Waals surface area contributed by atoms with Crippen molar-refractivity contribution >= 4 is 17.3 Å². The average Bonchev–Trinajstić information content (AvgIpc) is 3.50. The van der Waals surface area contributed by atoms with Gasteiger partial charge < -0.3 is 14.4 Å². The van der Waals surface area contributed by atoms with E-state index in [1.165, 1.54) is 23.4 Å². The molecule has 1 saturated heterocycles. The first-order valence-electron chi connectivity index (χ1n) is 10.1. The van der Waals surface area contributed by atoms with Gasteiger partial charge in [-0.05, 0) is 35.6 Å². The first-order chi connectivity index (χ1) is 15.7. The number of benzene rings is 1. The van der Waals surface area contributed by atoms with E-state index in [2.05, 4.69) is 31.3 Å². The number of rotatable bonds is 3. The Balaban J connectivity index is 0.000000325. The standard InChI is InChI=1S/C20H20FN3OS.C2HF3O2/c21-17-3-1-15(2-4-17)10-23-7-6-20(13-23)14-24-18(16-5-8-26-12-16)9-22-19(24)11-25-20;3-2(4,5)1(6)7/h1-5,8-9,12H,6-7,10-11,13-14H2;(H,6,7). The Morgan fingerprint density at radius 1 is 1.21 bits per heavy atom. The number of carbonyl (C=O) groups is 1. The van der Waals surface area contributed by atoms with Crippen LogP contribution in [0.4, 0.5) is 17.6 Å². The number of alkyl halides is 3. The molecule has 1 spiro atoms. The van der Waals surface area contributed by atoms with Crippen molar-refractivity contribution in [2.45, 2.75) is 37.9 Å². The number of fused-ring (bicyclic) bond motifs is 1. The van der Waals surface area contributed by atoms with Gasteiger partial charge in [0.1, 0.15) is 23.8 Å². The first-order valence-corrected chi connectivity index (χ1v) is 11.1. The molecule has 6 nitrogen and oxygen atoms in total. The van der Waals surface area contributed by atoms with Crippen LogP contribution >= 0.6 is 11.3 Å². The zero-order valence-electron chi connectivity index (χ0n) is 17.4. The number of hydrogen-bond acceptors (Lipinski definition) is 5. The second-order valence-corrected chi connectivity index (χ2v) is 8.80. The summed E-state index contributed by atoms with van der Waals surface area (Å²) >= 11 is 1.71. The second-order valence-electron chi connectivity index (χ2n) is 8.02. The lowest BCUT2D eigenvalue weighted by atomic mass is 10.0. The Morgan fingerprint density at radius 2 is 1.94 bits per heavy atom. The van der Waals surface area contributed by atoms with Crippen LogP contribution in [0.5, 0.6) is 0 Å². The normalized spacial score (nSPS) is 20.4. The number of thiophene rings is 1. The number of carboxylic acid groups (broad SMARTS) is 1.